The molecule has 2 aliphatic rings. The fraction of sp³-hybridized carbons (Fsp3) is 1.00. The maximum absolute atomic E-state index is 5.64. The first-order valence-corrected chi connectivity index (χ1v) is 4.63. The quantitative estimate of drug-likeness (QED) is 0.588. The van der Waals surface area contributed by atoms with Gasteiger partial charge in [-0.2, -0.15) is 0 Å². The van der Waals surface area contributed by atoms with Crippen molar-refractivity contribution in [2.24, 2.45) is 23.5 Å². The second-order valence-electron chi connectivity index (χ2n) is 3.87. The van der Waals surface area contributed by atoms with Crippen LogP contribution in [0.4, 0.5) is 0 Å². The highest BCUT2D eigenvalue weighted by Gasteiger charge is 2.47. The zero-order chi connectivity index (χ0) is 6.97. The van der Waals surface area contributed by atoms with Crippen molar-refractivity contribution in [2.75, 3.05) is 6.54 Å². The van der Waals surface area contributed by atoms with Crippen LogP contribution in [0.15, 0.2) is 0 Å². The van der Waals surface area contributed by atoms with E-state index in [4.69, 9.17) is 5.73 Å². The number of hydrogen-bond acceptors (Lipinski definition) is 1. The molecule has 2 rings (SSSR count). The van der Waals surface area contributed by atoms with Crippen LogP contribution < -0.4 is 5.73 Å². The lowest BCUT2D eigenvalue weighted by atomic mass is 10.1. The Hall–Kier alpha value is -0.0400. The van der Waals surface area contributed by atoms with Crippen molar-refractivity contribution in [2.45, 2.75) is 32.1 Å². The Labute approximate surface area is 63.0 Å². The molecule has 0 aromatic heterocycles. The molecule has 0 heterocycles. The van der Waals surface area contributed by atoms with Crippen molar-refractivity contribution in [3.8, 4) is 0 Å². The molecule has 2 aliphatic carbocycles. The molecule has 2 N–H and O–H groups in total. The summed E-state index contributed by atoms with van der Waals surface area (Å²) in [5.74, 6) is 3.03. The molecule has 0 saturated heterocycles. The van der Waals surface area contributed by atoms with E-state index >= 15 is 0 Å². The van der Waals surface area contributed by atoms with Gasteiger partial charge in [-0.15, -0.1) is 0 Å². The van der Waals surface area contributed by atoms with Gasteiger partial charge in [0.05, 0.1) is 0 Å². The van der Waals surface area contributed by atoms with E-state index < -0.39 is 0 Å². The zero-order valence-electron chi connectivity index (χ0n) is 6.55. The highest BCUT2D eigenvalue weighted by atomic mass is 14.7. The summed E-state index contributed by atoms with van der Waals surface area (Å²) in [5.41, 5.74) is 5.64. The normalized spacial score (nSPS) is 45.9. The topological polar surface area (TPSA) is 26.0 Å². The summed E-state index contributed by atoms with van der Waals surface area (Å²) >= 11 is 0. The minimum atomic E-state index is 0.931. The molecule has 3 atom stereocenters. The molecular formula is C9H17N. The first-order valence-electron chi connectivity index (χ1n) is 4.63. The minimum Gasteiger partial charge on any atom is -0.330 e. The Kier molecular flexibility index (Phi) is 1.69. The van der Waals surface area contributed by atoms with Crippen molar-refractivity contribution < 1.29 is 0 Å². The Bertz CT molecular complexity index is 110. The molecule has 1 nitrogen and oxygen atoms in total. The molecule has 0 spiro atoms. The van der Waals surface area contributed by atoms with Gasteiger partial charge in [-0.1, -0.05) is 19.3 Å². The van der Waals surface area contributed by atoms with Crippen LogP contribution in [0.3, 0.4) is 0 Å². The van der Waals surface area contributed by atoms with Gasteiger partial charge in [0.2, 0.25) is 0 Å². The monoisotopic (exact) mass is 139 g/mol. The number of rotatable bonds is 1. The predicted octanol–water partition coefficient (Wildman–Crippen LogP) is 1.77. The van der Waals surface area contributed by atoms with Crippen LogP contribution in [0.1, 0.15) is 32.1 Å². The van der Waals surface area contributed by atoms with Crippen molar-refractivity contribution in [1.82, 2.24) is 0 Å². The SMILES string of the molecule is NCC1[C@H]2CCCCC[C@@H]12. The third kappa shape index (κ3) is 0.968. The van der Waals surface area contributed by atoms with E-state index in [2.05, 4.69) is 0 Å². The number of nitrogens with two attached hydrogens (primary N) is 1. The number of fused-ring (bicyclic) bond motifs is 1. The van der Waals surface area contributed by atoms with Gasteiger partial charge < -0.3 is 5.73 Å². The summed E-state index contributed by atoms with van der Waals surface area (Å²) in [7, 11) is 0. The van der Waals surface area contributed by atoms with Gasteiger partial charge in [0.25, 0.3) is 0 Å². The van der Waals surface area contributed by atoms with Crippen molar-refractivity contribution in [1.29, 1.82) is 0 Å². The minimum absolute atomic E-state index is 0.931. The van der Waals surface area contributed by atoms with Gasteiger partial charge >= 0.3 is 0 Å². The Morgan fingerprint density at radius 2 is 1.60 bits per heavy atom. The zero-order valence-corrected chi connectivity index (χ0v) is 6.55. The third-order valence-electron chi connectivity index (χ3n) is 3.36. The summed E-state index contributed by atoms with van der Waals surface area (Å²) in [4.78, 5) is 0. The molecule has 0 aromatic rings. The molecular weight excluding hydrogens is 122 g/mol. The molecule has 10 heavy (non-hydrogen) atoms. The third-order valence-corrected chi connectivity index (χ3v) is 3.36. The Balaban J connectivity index is 1.89. The lowest BCUT2D eigenvalue weighted by Gasteiger charge is -1.97. The van der Waals surface area contributed by atoms with Gasteiger partial charge in [0, 0.05) is 0 Å². The van der Waals surface area contributed by atoms with Crippen LogP contribution in [-0.4, -0.2) is 6.54 Å². The lowest BCUT2D eigenvalue weighted by molar-refractivity contribution is 0.574. The lowest BCUT2D eigenvalue weighted by Crippen LogP contribution is -2.04. The van der Waals surface area contributed by atoms with E-state index in [1.165, 1.54) is 32.1 Å². The first-order chi connectivity index (χ1) is 4.93. The van der Waals surface area contributed by atoms with Crippen molar-refractivity contribution in [3.05, 3.63) is 0 Å². The molecule has 0 amide bonds. The van der Waals surface area contributed by atoms with E-state index in [1.54, 1.807) is 0 Å². The van der Waals surface area contributed by atoms with Crippen LogP contribution in [0, 0.1) is 17.8 Å². The maximum atomic E-state index is 5.64. The van der Waals surface area contributed by atoms with Crippen LogP contribution in [0.25, 0.3) is 0 Å². The van der Waals surface area contributed by atoms with Gasteiger partial charge in [-0.05, 0) is 37.1 Å². The van der Waals surface area contributed by atoms with Crippen LogP contribution in [0.2, 0.25) is 0 Å². The van der Waals surface area contributed by atoms with Gasteiger partial charge in [-0.3, -0.25) is 0 Å². The van der Waals surface area contributed by atoms with Crippen molar-refractivity contribution >= 4 is 0 Å². The summed E-state index contributed by atoms with van der Waals surface area (Å²) in [6.45, 7) is 0.954. The summed E-state index contributed by atoms with van der Waals surface area (Å²) in [6.07, 6.45) is 7.37. The maximum Gasteiger partial charge on any atom is -0.00434 e. The van der Waals surface area contributed by atoms with Gasteiger partial charge in [0.1, 0.15) is 0 Å². The van der Waals surface area contributed by atoms with Crippen LogP contribution >= 0.6 is 0 Å². The van der Waals surface area contributed by atoms with E-state index in [9.17, 15) is 0 Å². The highest BCUT2D eigenvalue weighted by molar-refractivity contribution is 4.98. The summed E-state index contributed by atoms with van der Waals surface area (Å²) in [6, 6.07) is 0. The van der Waals surface area contributed by atoms with E-state index in [1.807, 2.05) is 0 Å². The van der Waals surface area contributed by atoms with E-state index in [0.29, 0.717) is 0 Å². The second kappa shape index (κ2) is 2.54. The molecule has 0 radical (unpaired) electrons. The second-order valence-corrected chi connectivity index (χ2v) is 3.87. The smallest absolute Gasteiger partial charge is 0.00434 e. The molecule has 2 fully saturated rings. The highest BCUT2D eigenvalue weighted by Crippen LogP contribution is 2.53. The number of hydrogen-bond donors (Lipinski definition) is 1. The molecule has 0 aliphatic heterocycles. The average molecular weight is 139 g/mol. The first kappa shape index (κ1) is 6.66. The van der Waals surface area contributed by atoms with Gasteiger partial charge in [-0.25, -0.2) is 0 Å². The van der Waals surface area contributed by atoms with Gasteiger partial charge in [0.15, 0.2) is 0 Å². The van der Waals surface area contributed by atoms with Crippen LogP contribution in [0.5, 0.6) is 0 Å². The average Bonchev–Trinajstić information content (AvgIpc) is 2.59. The molecule has 0 aromatic carbocycles. The van der Waals surface area contributed by atoms with E-state index in [0.717, 1.165) is 24.3 Å². The van der Waals surface area contributed by atoms with Crippen molar-refractivity contribution in [3.63, 3.8) is 0 Å². The largest absolute Gasteiger partial charge is 0.330 e. The molecule has 1 unspecified atom stereocenters. The summed E-state index contributed by atoms with van der Waals surface area (Å²) in [5, 5.41) is 0. The van der Waals surface area contributed by atoms with E-state index in [-0.39, 0.29) is 0 Å². The molecule has 1 heteroatoms. The molecule has 2 saturated carbocycles. The summed E-state index contributed by atoms with van der Waals surface area (Å²) < 4.78 is 0. The standard InChI is InChI=1S/C9H17N/c10-6-9-7-4-2-1-3-5-8(7)9/h7-9H,1-6,10H2/t7-,8+,9?. The Morgan fingerprint density at radius 3 is 2.10 bits per heavy atom. The Morgan fingerprint density at radius 1 is 1.00 bits per heavy atom. The molecule has 58 valence electrons. The molecule has 0 bridgehead atoms. The van der Waals surface area contributed by atoms with Crippen LogP contribution in [-0.2, 0) is 0 Å². The fourth-order valence-corrected chi connectivity index (χ4v) is 2.67. The fourth-order valence-electron chi connectivity index (χ4n) is 2.67. The predicted molar refractivity (Wildman–Crippen MR) is 42.6 cm³/mol.